The van der Waals surface area contributed by atoms with Crippen molar-refractivity contribution in [2.45, 2.75) is 19.0 Å². The minimum Gasteiger partial charge on any atom is -0.357 e. The van der Waals surface area contributed by atoms with Gasteiger partial charge < -0.3 is 10.2 Å². The third kappa shape index (κ3) is 6.83. The second-order valence-corrected chi connectivity index (χ2v) is 10.5. The van der Waals surface area contributed by atoms with Crippen LogP contribution in [0.2, 0.25) is 5.02 Å². The largest absolute Gasteiger partial charge is 0.357 e. The average molecular weight is 532 g/mol. The quantitative estimate of drug-likeness (QED) is 0.433. The molecule has 0 heterocycles. The van der Waals surface area contributed by atoms with E-state index in [1.165, 1.54) is 30.1 Å². The van der Waals surface area contributed by atoms with Crippen LogP contribution in [0.4, 0.5) is 10.1 Å². The molecule has 0 aromatic heterocycles. The number of rotatable bonds is 10. The third-order valence-corrected chi connectivity index (χ3v) is 7.11. The highest BCUT2D eigenvalue weighted by Crippen LogP contribution is 2.24. The van der Waals surface area contributed by atoms with Gasteiger partial charge in [-0.25, -0.2) is 12.8 Å². The molecular formula is C26H27ClFN3O4S. The Labute approximate surface area is 215 Å². The van der Waals surface area contributed by atoms with E-state index in [9.17, 15) is 22.4 Å². The van der Waals surface area contributed by atoms with Crippen molar-refractivity contribution in [3.05, 3.63) is 101 Å². The number of carbonyl (C=O) groups excluding carboxylic acids is 2. The number of para-hydroxylation sites is 1. The number of sulfonamides is 1. The van der Waals surface area contributed by atoms with Crippen molar-refractivity contribution in [3.63, 3.8) is 0 Å². The van der Waals surface area contributed by atoms with Gasteiger partial charge in [0.25, 0.3) is 0 Å². The highest BCUT2D eigenvalue weighted by Gasteiger charge is 2.33. The molecule has 2 amide bonds. The maximum Gasteiger partial charge on any atom is 0.244 e. The molecular weight excluding hydrogens is 505 g/mol. The van der Waals surface area contributed by atoms with Crippen molar-refractivity contribution in [1.29, 1.82) is 0 Å². The van der Waals surface area contributed by atoms with Crippen LogP contribution in [0.25, 0.3) is 0 Å². The van der Waals surface area contributed by atoms with Crippen LogP contribution in [0.3, 0.4) is 0 Å². The fraction of sp³-hybridized carbons (Fsp3) is 0.231. The smallest absolute Gasteiger partial charge is 0.244 e. The Morgan fingerprint density at radius 1 is 0.972 bits per heavy atom. The number of nitrogens with zero attached hydrogens (tertiary/aromatic N) is 2. The normalized spacial score (nSPS) is 12.0. The number of likely N-dealkylation sites (N-methyl/N-ethyl adjacent to an activating group) is 1. The summed E-state index contributed by atoms with van der Waals surface area (Å²) in [7, 11) is -2.58. The summed E-state index contributed by atoms with van der Waals surface area (Å²) in [5, 5.41) is 2.98. The van der Waals surface area contributed by atoms with Gasteiger partial charge in [-0.1, -0.05) is 72.3 Å². The molecule has 0 radical (unpaired) electrons. The standard InChI is InChI=1S/C26H27ClFN3O4S/c1-29-26(33)24(16-19-10-4-3-5-11-19)30(17-20-12-6-7-13-21(20)27)25(32)18-31(36(2,34)35)23-15-9-8-14-22(23)28/h3-15,24H,16-18H2,1-2H3,(H,29,33). The molecule has 190 valence electrons. The molecule has 1 N–H and O–H groups in total. The fourth-order valence-electron chi connectivity index (χ4n) is 3.78. The second-order valence-electron chi connectivity index (χ2n) is 8.15. The average Bonchev–Trinajstić information content (AvgIpc) is 2.85. The highest BCUT2D eigenvalue weighted by molar-refractivity contribution is 7.92. The van der Waals surface area contributed by atoms with Gasteiger partial charge in [0.2, 0.25) is 21.8 Å². The number of benzene rings is 3. The van der Waals surface area contributed by atoms with Crippen molar-refractivity contribution >= 4 is 39.1 Å². The van der Waals surface area contributed by atoms with Crippen molar-refractivity contribution in [3.8, 4) is 0 Å². The van der Waals surface area contributed by atoms with Gasteiger partial charge in [-0.2, -0.15) is 0 Å². The first kappa shape index (κ1) is 27.2. The Bertz CT molecular complexity index is 1320. The van der Waals surface area contributed by atoms with E-state index in [4.69, 9.17) is 11.6 Å². The van der Waals surface area contributed by atoms with E-state index in [0.717, 1.165) is 17.9 Å². The third-order valence-electron chi connectivity index (χ3n) is 5.62. The molecule has 0 saturated carbocycles. The van der Waals surface area contributed by atoms with Gasteiger partial charge in [0, 0.05) is 25.0 Å². The Kier molecular flexibility index (Phi) is 9.06. The van der Waals surface area contributed by atoms with E-state index in [1.54, 1.807) is 24.3 Å². The SMILES string of the molecule is CNC(=O)C(Cc1ccccc1)N(Cc1ccccc1Cl)C(=O)CN(c1ccccc1F)S(C)(=O)=O. The van der Waals surface area contributed by atoms with Crippen LogP contribution in [0.15, 0.2) is 78.9 Å². The van der Waals surface area contributed by atoms with Gasteiger partial charge in [0.15, 0.2) is 0 Å². The van der Waals surface area contributed by atoms with Crippen molar-refractivity contribution in [2.24, 2.45) is 0 Å². The van der Waals surface area contributed by atoms with E-state index < -0.39 is 40.2 Å². The molecule has 0 aliphatic carbocycles. The topological polar surface area (TPSA) is 86.8 Å². The Hall–Kier alpha value is -3.43. The van der Waals surface area contributed by atoms with Gasteiger partial charge >= 0.3 is 0 Å². The molecule has 3 aromatic carbocycles. The summed E-state index contributed by atoms with van der Waals surface area (Å²) in [6.07, 6.45) is 1.07. The van der Waals surface area contributed by atoms with Crippen LogP contribution in [-0.4, -0.2) is 51.0 Å². The molecule has 0 fully saturated rings. The van der Waals surface area contributed by atoms with Crippen LogP contribution >= 0.6 is 11.6 Å². The number of anilines is 1. The first-order valence-corrected chi connectivity index (χ1v) is 13.3. The number of halogens is 2. The van der Waals surface area contributed by atoms with E-state index in [-0.39, 0.29) is 18.7 Å². The Morgan fingerprint density at radius 2 is 1.58 bits per heavy atom. The first-order chi connectivity index (χ1) is 17.1. The lowest BCUT2D eigenvalue weighted by atomic mass is 10.0. The van der Waals surface area contributed by atoms with Gasteiger partial charge in [-0.15, -0.1) is 0 Å². The molecule has 1 unspecified atom stereocenters. The van der Waals surface area contributed by atoms with E-state index in [1.807, 2.05) is 30.3 Å². The first-order valence-electron chi connectivity index (χ1n) is 11.1. The lowest BCUT2D eigenvalue weighted by Gasteiger charge is -2.33. The molecule has 0 bridgehead atoms. The zero-order valence-electron chi connectivity index (χ0n) is 19.9. The molecule has 10 heteroatoms. The van der Waals surface area contributed by atoms with Gasteiger partial charge in [-0.3, -0.25) is 13.9 Å². The molecule has 36 heavy (non-hydrogen) atoms. The minimum atomic E-state index is -4.04. The van der Waals surface area contributed by atoms with Crippen LogP contribution < -0.4 is 9.62 Å². The van der Waals surface area contributed by atoms with E-state index in [0.29, 0.717) is 14.9 Å². The molecule has 3 aromatic rings. The molecule has 0 saturated heterocycles. The summed E-state index contributed by atoms with van der Waals surface area (Å²) >= 11 is 6.35. The van der Waals surface area contributed by atoms with Crippen molar-refractivity contribution in [2.75, 3.05) is 24.2 Å². The highest BCUT2D eigenvalue weighted by atomic mass is 35.5. The van der Waals surface area contributed by atoms with Crippen LogP contribution in [0.1, 0.15) is 11.1 Å². The molecule has 0 aliphatic rings. The predicted octanol–water partition coefficient (Wildman–Crippen LogP) is 3.63. The zero-order valence-corrected chi connectivity index (χ0v) is 21.5. The maximum atomic E-state index is 14.5. The van der Waals surface area contributed by atoms with Crippen LogP contribution in [0, 0.1) is 5.82 Å². The van der Waals surface area contributed by atoms with Gasteiger partial charge in [-0.05, 0) is 29.3 Å². The van der Waals surface area contributed by atoms with Gasteiger partial charge in [0.1, 0.15) is 18.4 Å². The Balaban J connectivity index is 2.05. The number of nitrogens with one attached hydrogen (secondary N) is 1. The summed E-state index contributed by atoms with van der Waals surface area (Å²) in [6.45, 7) is -0.759. The van der Waals surface area contributed by atoms with Crippen molar-refractivity contribution < 1.29 is 22.4 Å². The summed E-state index contributed by atoms with van der Waals surface area (Å²) < 4.78 is 40.4. The molecule has 3 rings (SSSR count). The van der Waals surface area contributed by atoms with Crippen LogP contribution in [0.5, 0.6) is 0 Å². The number of amides is 2. The minimum absolute atomic E-state index is 0.0572. The molecule has 0 aliphatic heterocycles. The molecule has 1 atom stereocenters. The summed E-state index contributed by atoms with van der Waals surface area (Å²) in [5.41, 5.74) is 1.12. The summed E-state index contributed by atoms with van der Waals surface area (Å²) in [4.78, 5) is 28.0. The van der Waals surface area contributed by atoms with Crippen LogP contribution in [-0.2, 0) is 32.6 Å². The summed E-state index contributed by atoms with van der Waals surface area (Å²) in [6, 6.07) is 20.3. The molecule has 7 nitrogen and oxygen atoms in total. The second kappa shape index (κ2) is 12.0. The van der Waals surface area contributed by atoms with Gasteiger partial charge in [0.05, 0.1) is 11.9 Å². The number of hydrogen-bond donors (Lipinski definition) is 1. The number of carbonyl (C=O) groups is 2. The maximum absolute atomic E-state index is 14.5. The van der Waals surface area contributed by atoms with E-state index in [2.05, 4.69) is 5.32 Å². The monoisotopic (exact) mass is 531 g/mol. The lowest BCUT2D eigenvalue weighted by molar-refractivity contribution is -0.139. The van der Waals surface area contributed by atoms with Crippen molar-refractivity contribution in [1.82, 2.24) is 10.2 Å². The number of hydrogen-bond acceptors (Lipinski definition) is 4. The zero-order chi connectivity index (χ0) is 26.3. The predicted molar refractivity (Wildman–Crippen MR) is 139 cm³/mol. The fourth-order valence-corrected chi connectivity index (χ4v) is 4.83. The molecule has 0 spiro atoms. The Morgan fingerprint density at radius 3 is 2.19 bits per heavy atom. The summed E-state index contributed by atoms with van der Waals surface area (Å²) in [5.74, 6) is -1.91. The van der Waals surface area contributed by atoms with E-state index >= 15 is 0 Å². The lowest BCUT2D eigenvalue weighted by Crippen LogP contribution is -2.53.